The van der Waals surface area contributed by atoms with Crippen LogP contribution in [0.1, 0.15) is 21.7 Å². The van der Waals surface area contributed by atoms with Gasteiger partial charge in [0.15, 0.2) is 5.69 Å². The number of aromatic nitrogens is 6. The summed E-state index contributed by atoms with van der Waals surface area (Å²) in [5.74, 6) is 0.148. The number of benzene rings is 1. The molecular weight excluding hydrogens is 334 g/mol. The molecule has 3 aromatic heterocycles. The highest BCUT2D eigenvalue weighted by atomic mass is 16.6. The van der Waals surface area contributed by atoms with Crippen molar-refractivity contribution in [2.45, 2.75) is 13.5 Å². The molecule has 0 aliphatic heterocycles. The summed E-state index contributed by atoms with van der Waals surface area (Å²) in [4.78, 5) is 12.3. The molecule has 3 heterocycles. The Morgan fingerprint density at radius 2 is 2.00 bits per heavy atom. The molecule has 0 aliphatic carbocycles. The zero-order valence-electron chi connectivity index (χ0n) is 13.9. The van der Waals surface area contributed by atoms with Gasteiger partial charge in [-0.3, -0.25) is 4.79 Å². The summed E-state index contributed by atoms with van der Waals surface area (Å²) in [6.45, 7) is 2.12. The van der Waals surface area contributed by atoms with Gasteiger partial charge in [-0.2, -0.15) is 10.2 Å². The van der Waals surface area contributed by atoms with Crippen molar-refractivity contribution in [2.24, 2.45) is 0 Å². The fourth-order valence-electron chi connectivity index (χ4n) is 2.51. The molecule has 1 amide bonds. The molecule has 9 nitrogen and oxygen atoms in total. The van der Waals surface area contributed by atoms with E-state index < -0.39 is 5.91 Å². The van der Waals surface area contributed by atoms with E-state index in [1.54, 1.807) is 34.7 Å². The van der Waals surface area contributed by atoms with Crippen LogP contribution in [0.25, 0.3) is 5.69 Å². The highest BCUT2D eigenvalue weighted by molar-refractivity contribution is 6.02. The highest BCUT2D eigenvalue weighted by Crippen LogP contribution is 2.13. The molecule has 0 aliphatic rings. The van der Waals surface area contributed by atoms with Crippen LogP contribution in [0.3, 0.4) is 0 Å². The number of hydrogen-bond acceptors (Lipinski definition) is 6. The van der Waals surface area contributed by atoms with E-state index in [0.29, 0.717) is 18.1 Å². The lowest BCUT2D eigenvalue weighted by Gasteiger charge is -2.07. The van der Waals surface area contributed by atoms with Gasteiger partial charge in [0, 0.05) is 17.8 Å². The van der Waals surface area contributed by atoms with E-state index in [9.17, 15) is 4.79 Å². The average molecular weight is 349 g/mol. The first-order valence-electron chi connectivity index (χ1n) is 7.92. The highest BCUT2D eigenvalue weighted by Gasteiger charge is 2.17. The molecule has 1 aromatic carbocycles. The van der Waals surface area contributed by atoms with Crippen molar-refractivity contribution < 1.29 is 9.42 Å². The van der Waals surface area contributed by atoms with E-state index >= 15 is 0 Å². The number of para-hydroxylation sites is 1. The molecule has 130 valence electrons. The number of amides is 1. The van der Waals surface area contributed by atoms with Gasteiger partial charge in [-0.05, 0) is 24.2 Å². The fraction of sp³-hybridized carbons (Fsp3) is 0.118. The van der Waals surface area contributed by atoms with Crippen molar-refractivity contribution in [1.82, 2.24) is 29.9 Å². The van der Waals surface area contributed by atoms with Crippen LogP contribution in [-0.4, -0.2) is 35.8 Å². The predicted octanol–water partition coefficient (Wildman–Crippen LogP) is 2.06. The monoisotopic (exact) mass is 349 g/mol. The largest absolute Gasteiger partial charge is 0.305 e. The van der Waals surface area contributed by atoms with Crippen LogP contribution in [0.5, 0.6) is 0 Å². The molecule has 0 saturated heterocycles. The van der Waals surface area contributed by atoms with Crippen molar-refractivity contribution in [3.05, 3.63) is 71.9 Å². The second-order valence-electron chi connectivity index (χ2n) is 5.66. The molecular formula is C17H15N7O2. The molecule has 0 atom stereocenters. The number of carbonyl (C=O) groups is 1. The van der Waals surface area contributed by atoms with Gasteiger partial charge in [0.2, 0.25) is 0 Å². The molecule has 0 saturated carbocycles. The minimum Gasteiger partial charge on any atom is -0.305 e. The second kappa shape index (κ2) is 6.63. The number of hydrogen-bond donors (Lipinski definition) is 1. The van der Waals surface area contributed by atoms with Crippen molar-refractivity contribution in [3.8, 4) is 5.69 Å². The third-order valence-electron chi connectivity index (χ3n) is 3.81. The lowest BCUT2D eigenvalue weighted by atomic mass is 10.3. The van der Waals surface area contributed by atoms with E-state index in [4.69, 9.17) is 0 Å². The molecule has 4 aromatic rings. The van der Waals surface area contributed by atoms with E-state index in [1.165, 1.54) is 0 Å². The van der Waals surface area contributed by atoms with Gasteiger partial charge in [-0.1, -0.05) is 23.4 Å². The predicted molar refractivity (Wildman–Crippen MR) is 91.9 cm³/mol. The zero-order valence-corrected chi connectivity index (χ0v) is 13.9. The molecule has 0 fully saturated rings. The van der Waals surface area contributed by atoms with Gasteiger partial charge < -0.3 is 5.32 Å². The lowest BCUT2D eigenvalue weighted by molar-refractivity contribution is 0.101. The Hall–Kier alpha value is -3.75. The Balaban J connectivity index is 1.50. The number of rotatable bonds is 5. The number of carbonyl (C=O) groups excluding carboxylic acids is 1. The lowest BCUT2D eigenvalue weighted by Crippen LogP contribution is -2.17. The van der Waals surface area contributed by atoms with E-state index in [1.807, 2.05) is 36.5 Å². The Morgan fingerprint density at radius 3 is 2.77 bits per heavy atom. The zero-order chi connectivity index (χ0) is 17.9. The van der Waals surface area contributed by atoms with Crippen LogP contribution in [0.2, 0.25) is 0 Å². The van der Waals surface area contributed by atoms with Crippen molar-refractivity contribution in [3.63, 3.8) is 0 Å². The maximum atomic E-state index is 12.3. The minimum absolute atomic E-state index is 0.148. The van der Waals surface area contributed by atoms with Gasteiger partial charge in [-0.15, -0.1) is 0 Å². The topological polar surface area (TPSA) is 104 Å². The van der Waals surface area contributed by atoms with Crippen LogP contribution in [0.4, 0.5) is 5.82 Å². The molecule has 0 radical (unpaired) electrons. The van der Waals surface area contributed by atoms with Crippen molar-refractivity contribution in [1.29, 1.82) is 0 Å². The first-order chi connectivity index (χ1) is 12.7. The van der Waals surface area contributed by atoms with Gasteiger partial charge in [0.1, 0.15) is 11.5 Å². The smallest absolute Gasteiger partial charge is 0.281 e. The molecule has 26 heavy (non-hydrogen) atoms. The number of nitrogens with zero attached hydrogens (tertiary/aromatic N) is 6. The molecule has 0 unspecified atom stereocenters. The quantitative estimate of drug-likeness (QED) is 0.591. The van der Waals surface area contributed by atoms with Crippen LogP contribution in [0, 0.1) is 6.92 Å². The molecule has 0 bridgehead atoms. The first-order valence-corrected chi connectivity index (χ1v) is 7.92. The summed E-state index contributed by atoms with van der Waals surface area (Å²) in [6.07, 6.45) is 5.31. The minimum atomic E-state index is -0.398. The maximum Gasteiger partial charge on any atom is 0.281 e. The normalized spacial score (nSPS) is 10.8. The van der Waals surface area contributed by atoms with Crippen molar-refractivity contribution in [2.75, 3.05) is 5.32 Å². The molecule has 4 rings (SSSR count). The number of anilines is 1. The fourth-order valence-corrected chi connectivity index (χ4v) is 2.51. The van der Waals surface area contributed by atoms with Crippen LogP contribution < -0.4 is 5.32 Å². The van der Waals surface area contributed by atoms with Crippen molar-refractivity contribution >= 4 is 11.7 Å². The Bertz CT molecular complexity index is 1030. The standard InChI is InChI=1S/C17H15N7O2/c1-12-16(22-26-21-12)17(25)20-15-7-8-18-24(15)11-13-9-19-23(10-13)14-5-3-2-4-6-14/h2-10H,11H2,1H3,(H,20,25). The molecule has 0 spiro atoms. The Kier molecular flexibility index (Phi) is 4.02. The van der Waals surface area contributed by atoms with Gasteiger partial charge in [0.25, 0.3) is 5.91 Å². The van der Waals surface area contributed by atoms with Crippen LogP contribution >= 0.6 is 0 Å². The van der Waals surface area contributed by atoms with Gasteiger partial charge in [-0.25, -0.2) is 14.0 Å². The van der Waals surface area contributed by atoms with E-state index in [2.05, 4.69) is 30.5 Å². The maximum absolute atomic E-state index is 12.3. The van der Waals surface area contributed by atoms with Crippen LogP contribution in [0.15, 0.2) is 59.6 Å². The third kappa shape index (κ3) is 3.09. The summed E-state index contributed by atoms with van der Waals surface area (Å²) in [5.41, 5.74) is 2.50. The van der Waals surface area contributed by atoms with Gasteiger partial charge in [0.05, 0.1) is 24.6 Å². The van der Waals surface area contributed by atoms with E-state index in [-0.39, 0.29) is 5.69 Å². The molecule has 1 N–H and O–H groups in total. The summed E-state index contributed by atoms with van der Waals surface area (Å²) in [5, 5.41) is 18.6. The van der Waals surface area contributed by atoms with Gasteiger partial charge >= 0.3 is 0 Å². The SMILES string of the molecule is Cc1nonc1C(=O)Nc1ccnn1Cc1cnn(-c2ccccc2)c1. The Morgan fingerprint density at radius 1 is 1.15 bits per heavy atom. The Labute approximate surface area is 148 Å². The first kappa shape index (κ1) is 15.8. The second-order valence-corrected chi connectivity index (χ2v) is 5.66. The summed E-state index contributed by atoms with van der Waals surface area (Å²) in [7, 11) is 0. The number of aryl methyl sites for hydroxylation is 1. The molecule has 9 heteroatoms. The summed E-state index contributed by atoms with van der Waals surface area (Å²) < 4.78 is 8.03. The average Bonchev–Trinajstić information content (AvgIpc) is 3.38. The van der Waals surface area contributed by atoms with E-state index in [0.717, 1.165) is 11.3 Å². The van der Waals surface area contributed by atoms with Crippen LogP contribution in [-0.2, 0) is 6.54 Å². The summed E-state index contributed by atoms with van der Waals surface area (Å²) in [6, 6.07) is 11.5. The third-order valence-corrected chi connectivity index (χ3v) is 3.81. The number of nitrogens with one attached hydrogen (secondary N) is 1. The summed E-state index contributed by atoms with van der Waals surface area (Å²) >= 11 is 0.